The van der Waals surface area contributed by atoms with Crippen molar-refractivity contribution >= 4 is 22.6 Å². The second-order valence-corrected chi connectivity index (χ2v) is 6.27. The van der Waals surface area contributed by atoms with E-state index in [0.717, 1.165) is 12.8 Å². The summed E-state index contributed by atoms with van der Waals surface area (Å²) in [5.74, 6) is 0. The van der Waals surface area contributed by atoms with Gasteiger partial charge in [-0.15, -0.1) is 0 Å². The summed E-state index contributed by atoms with van der Waals surface area (Å²) < 4.78 is 1.75. The van der Waals surface area contributed by atoms with Gasteiger partial charge in [0.05, 0.1) is 3.92 Å². The highest BCUT2D eigenvalue weighted by Crippen LogP contribution is 2.38. The van der Waals surface area contributed by atoms with Gasteiger partial charge in [0.15, 0.2) is 0 Å². The number of piperidine rings is 1. The molecule has 0 N–H and O–H groups in total. The molecule has 0 bridgehead atoms. The molecule has 12 heavy (non-hydrogen) atoms. The van der Waals surface area contributed by atoms with Crippen LogP contribution in [0.2, 0.25) is 0 Å². The fraction of sp³-hybridized carbons (Fsp3) is 1.00. The number of hydrogen-bond donors (Lipinski definition) is 0. The van der Waals surface area contributed by atoms with E-state index in [2.05, 4.69) is 22.6 Å². The summed E-state index contributed by atoms with van der Waals surface area (Å²) >= 11 is 2.39. The number of nitrogens with zero attached hydrogens (tertiary/aromatic N) is 1. The normalized spacial score (nSPS) is 33.4. The molecule has 0 aliphatic carbocycles. The summed E-state index contributed by atoms with van der Waals surface area (Å²) in [6, 6.07) is 0. The molecule has 1 heterocycles. The summed E-state index contributed by atoms with van der Waals surface area (Å²) in [5.41, 5.74) is -0.381. The van der Waals surface area contributed by atoms with Crippen LogP contribution in [0.1, 0.15) is 40.5 Å². The van der Waals surface area contributed by atoms with Gasteiger partial charge in [-0.2, -0.15) is 0 Å². The zero-order valence-electron chi connectivity index (χ0n) is 8.22. The van der Waals surface area contributed by atoms with Gasteiger partial charge in [-0.3, -0.25) is 0 Å². The largest absolute Gasteiger partial charge is 0.217 e. The van der Waals surface area contributed by atoms with E-state index in [0.29, 0.717) is 3.92 Å². The summed E-state index contributed by atoms with van der Waals surface area (Å²) in [6.45, 7) is 8.14. The van der Waals surface area contributed by atoms with E-state index in [9.17, 15) is 4.91 Å². The van der Waals surface area contributed by atoms with Crippen molar-refractivity contribution in [2.75, 3.05) is 0 Å². The highest BCUT2D eigenvalue weighted by molar-refractivity contribution is 14.1. The van der Waals surface area contributed by atoms with Crippen LogP contribution < -0.4 is 0 Å². The minimum atomic E-state index is -0.206. The molecule has 0 aromatic heterocycles. The molecule has 1 unspecified atom stereocenters. The zero-order chi connectivity index (χ0) is 9.57. The van der Waals surface area contributed by atoms with Crippen LogP contribution in [0.5, 0.6) is 0 Å². The average molecular weight is 282 g/mol. The predicted octanol–water partition coefficient (Wildman–Crippen LogP) is 2.92. The van der Waals surface area contributed by atoms with Crippen molar-refractivity contribution in [3.8, 4) is 0 Å². The maximum Gasteiger partial charge on any atom is 0.217 e. The van der Waals surface area contributed by atoms with E-state index in [1.165, 1.54) is 4.76 Å². The van der Waals surface area contributed by atoms with Crippen LogP contribution in [-0.2, 0) is 0 Å². The van der Waals surface area contributed by atoms with Crippen molar-refractivity contribution in [1.29, 1.82) is 0 Å². The number of alkyl halides is 1. The quantitative estimate of drug-likeness (QED) is 0.380. The number of hydrogen-bond acceptors (Lipinski definition) is 1. The van der Waals surface area contributed by atoms with Crippen molar-refractivity contribution in [1.82, 2.24) is 0 Å². The van der Waals surface area contributed by atoms with E-state index in [-0.39, 0.29) is 11.1 Å². The van der Waals surface area contributed by atoms with Crippen molar-refractivity contribution in [3.05, 3.63) is 4.91 Å². The topological polar surface area (TPSA) is 20.1 Å². The van der Waals surface area contributed by atoms with E-state index < -0.39 is 0 Å². The molecule has 1 saturated heterocycles. The number of rotatable bonds is 0. The Morgan fingerprint density at radius 2 is 1.83 bits per heavy atom. The van der Waals surface area contributed by atoms with Crippen LogP contribution in [0.15, 0.2) is 0 Å². The summed E-state index contributed by atoms with van der Waals surface area (Å²) in [4.78, 5) is 11.9. The molecule has 0 saturated carbocycles. The van der Waals surface area contributed by atoms with Crippen LogP contribution in [0, 0.1) is 4.91 Å². The third-order valence-electron chi connectivity index (χ3n) is 2.85. The van der Waals surface area contributed by atoms with Gasteiger partial charge in [-0.25, -0.2) is 0 Å². The van der Waals surface area contributed by atoms with Crippen LogP contribution in [0.25, 0.3) is 0 Å². The minimum absolute atomic E-state index is 0.175. The van der Waals surface area contributed by atoms with E-state index in [1.807, 2.05) is 27.7 Å². The molecule has 1 rings (SSSR count). The van der Waals surface area contributed by atoms with Gasteiger partial charge in [0, 0.05) is 43.8 Å². The third-order valence-corrected chi connectivity index (χ3v) is 5.00. The van der Waals surface area contributed by atoms with Gasteiger partial charge in [0.2, 0.25) is 11.1 Å². The summed E-state index contributed by atoms with van der Waals surface area (Å²) in [7, 11) is 0. The molecule has 0 aromatic rings. The lowest BCUT2D eigenvalue weighted by molar-refractivity contribution is -0.689. The van der Waals surface area contributed by atoms with Crippen molar-refractivity contribution in [3.63, 3.8) is 0 Å². The molecule has 0 aromatic carbocycles. The first-order valence-electron chi connectivity index (χ1n) is 4.40. The monoisotopic (exact) mass is 282 g/mol. The van der Waals surface area contributed by atoms with Gasteiger partial charge in [0.1, 0.15) is 0 Å². The Morgan fingerprint density at radius 1 is 1.33 bits per heavy atom. The Bertz CT molecular complexity index is 211. The zero-order valence-corrected chi connectivity index (χ0v) is 10.4. The van der Waals surface area contributed by atoms with Gasteiger partial charge in [0.25, 0.3) is 0 Å². The first-order chi connectivity index (χ1) is 5.28. The molecule has 1 atom stereocenters. The lowest BCUT2D eigenvalue weighted by Crippen LogP contribution is -2.56. The minimum Gasteiger partial charge on any atom is -0.0749 e. The predicted molar refractivity (Wildman–Crippen MR) is 58.8 cm³/mol. The highest BCUT2D eigenvalue weighted by Gasteiger charge is 2.54. The maximum absolute atomic E-state index is 11.9. The smallest absolute Gasteiger partial charge is 0.0749 e. The summed E-state index contributed by atoms with van der Waals surface area (Å²) in [6.07, 6.45) is 2.16. The second-order valence-electron chi connectivity index (χ2n) is 4.77. The maximum atomic E-state index is 11.9. The fourth-order valence-electron chi connectivity index (χ4n) is 1.84. The first-order valence-corrected chi connectivity index (χ1v) is 5.64. The van der Waals surface area contributed by atoms with Gasteiger partial charge >= 0.3 is 0 Å². The van der Waals surface area contributed by atoms with Crippen molar-refractivity contribution < 1.29 is 4.76 Å². The fourth-order valence-corrected chi connectivity index (χ4v) is 2.41. The number of nitroso groups, excluding NO2 is 1. The van der Waals surface area contributed by atoms with Crippen LogP contribution in [0.3, 0.4) is 0 Å². The average Bonchev–Trinajstić information content (AvgIpc) is 1.96. The Morgan fingerprint density at radius 3 is 2.25 bits per heavy atom. The number of halogens is 1. The third kappa shape index (κ3) is 1.52. The molecule has 0 amide bonds. The molecule has 2 nitrogen and oxygen atoms in total. The Hall–Kier alpha value is 0.330. The Kier molecular flexibility index (Phi) is 2.54. The van der Waals surface area contributed by atoms with Crippen molar-refractivity contribution in [2.24, 2.45) is 0 Å². The molecule has 3 heteroatoms. The Labute approximate surface area is 87.8 Å². The van der Waals surface area contributed by atoms with Gasteiger partial charge < -0.3 is 0 Å². The van der Waals surface area contributed by atoms with Crippen LogP contribution in [-0.4, -0.2) is 19.8 Å². The highest BCUT2D eigenvalue weighted by atomic mass is 127. The molecule has 70 valence electrons. The Balaban J connectivity index is 2.94. The molecule has 1 aliphatic heterocycles. The van der Waals surface area contributed by atoms with Gasteiger partial charge in [-0.1, -0.05) is 22.6 Å². The first kappa shape index (κ1) is 10.4. The molecule has 0 radical (unpaired) electrons. The lowest BCUT2D eigenvalue weighted by atomic mass is 9.82. The second kappa shape index (κ2) is 2.93. The van der Waals surface area contributed by atoms with Crippen LogP contribution >= 0.6 is 22.6 Å². The van der Waals surface area contributed by atoms with Crippen LogP contribution in [0.4, 0.5) is 0 Å². The SMILES string of the molecule is CC1(C)CCC(I)C(C)(C)[N+]1=O. The van der Waals surface area contributed by atoms with Crippen molar-refractivity contribution in [2.45, 2.75) is 55.5 Å². The molecule has 0 spiro atoms. The van der Waals surface area contributed by atoms with Gasteiger partial charge in [-0.05, 0) is 6.42 Å². The van der Waals surface area contributed by atoms with E-state index in [1.54, 1.807) is 0 Å². The van der Waals surface area contributed by atoms with E-state index in [4.69, 9.17) is 0 Å². The molecular weight excluding hydrogens is 265 g/mol. The summed E-state index contributed by atoms with van der Waals surface area (Å²) in [5, 5.41) is 0. The molecule has 1 fully saturated rings. The van der Waals surface area contributed by atoms with E-state index >= 15 is 0 Å². The lowest BCUT2D eigenvalue weighted by Gasteiger charge is -2.35. The molecular formula is C9H17INO+. The standard InChI is InChI=1S/C9H17INO/c1-8(2)6-5-7(10)9(3,4)11(8)12/h7H,5-6H2,1-4H3/q+1. The molecule has 1 aliphatic rings.